The number of nitrogens with zero attached hydrogens (tertiary/aromatic N) is 2. The minimum Gasteiger partial charge on any atom is -0.398 e. The van der Waals surface area contributed by atoms with Crippen LogP contribution in [0.15, 0.2) is 18.2 Å². The highest BCUT2D eigenvalue weighted by atomic mass is 16.2. The number of nitrogens with two attached hydrogens (primary N) is 1. The fraction of sp³-hybridized carbons (Fsp3) is 0.500. The van der Waals surface area contributed by atoms with Gasteiger partial charge in [0.25, 0.3) is 0 Å². The number of nitriles is 1. The highest BCUT2D eigenvalue weighted by molar-refractivity contribution is 5.84. The first-order valence-corrected chi connectivity index (χ1v) is 7.42. The molecule has 0 aliphatic carbocycles. The van der Waals surface area contributed by atoms with Gasteiger partial charge in [0.1, 0.15) is 6.04 Å². The molecule has 3 N–H and O–H groups in total. The average molecular weight is 286 g/mol. The number of nitrogen functional groups attached to an aromatic ring is 1. The maximum Gasteiger partial charge on any atom is 0.244 e. The summed E-state index contributed by atoms with van der Waals surface area (Å²) in [4.78, 5) is 14.3. The van der Waals surface area contributed by atoms with Gasteiger partial charge in [-0.3, -0.25) is 4.79 Å². The molecular formula is C16H22N4O. The van der Waals surface area contributed by atoms with Crippen LogP contribution in [0, 0.1) is 11.3 Å². The van der Waals surface area contributed by atoms with Crippen LogP contribution in [0.4, 0.5) is 11.4 Å². The predicted octanol–water partition coefficient (Wildman–Crippen LogP) is 2.15. The van der Waals surface area contributed by atoms with Crippen LogP contribution in [0.5, 0.6) is 0 Å². The maximum absolute atomic E-state index is 12.4. The second-order valence-corrected chi connectivity index (χ2v) is 5.50. The number of piperidine rings is 1. The molecule has 0 radical (unpaired) electrons. The summed E-state index contributed by atoms with van der Waals surface area (Å²) in [6.07, 6.45) is 3.66. The number of nitrogens with one attached hydrogen (secondary N) is 1. The molecule has 0 aromatic heterocycles. The van der Waals surface area contributed by atoms with Crippen LogP contribution in [-0.4, -0.2) is 29.9 Å². The Kier molecular flexibility index (Phi) is 5.04. The number of rotatable bonds is 4. The fourth-order valence-corrected chi connectivity index (χ4v) is 2.63. The zero-order valence-corrected chi connectivity index (χ0v) is 12.4. The summed E-state index contributed by atoms with van der Waals surface area (Å²) >= 11 is 0. The van der Waals surface area contributed by atoms with E-state index in [4.69, 9.17) is 11.0 Å². The van der Waals surface area contributed by atoms with E-state index >= 15 is 0 Å². The largest absolute Gasteiger partial charge is 0.398 e. The second-order valence-electron chi connectivity index (χ2n) is 5.50. The first-order chi connectivity index (χ1) is 10.1. The average Bonchev–Trinajstić information content (AvgIpc) is 2.51. The van der Waals surface area contributed by atoms with Crippen LogP contribution >= 0.6 is 0 Å². The number of carbonyl (C=O) groups is 1. The zero-order valence-electron chi connectivity index (χ0n) is 12.4. The minimum atomic E-state index is -0.276. The third kappa shape index (κ3) is 3.88. The fourth-order valence-electron chi connectivity index (χ4n) is 2.63. The van der Waals surface area contributed by atoms with E-state index in [9.17, 15) is 4.79 Å². The number of hydrogen-bond acceptors (Lipinski definition) is 4. The molecule has 0 spiro atoms. The Balaban J connectivity index is 2.01. The number of amides is 1. The lowest BCUT2D eigenvalue weighted by Gasteiger charge is -2.29. The van der Waals surface area contributed by atoms with Crippen molar-refractivity contribution in [1.29, 1.82) is 5.26 Å². The molecular weight excluding hydrogens is 264 g/mol. The number of carbonyl (C=O) groups excluding carboxylic acids is 1. The molecule has 0 saturated carbocycles. The highest BCUT2D eigenvalue weighted by Gasteiger charge is 2.21. The molecule has 2 rings (SSSR count). The quantitative estimate of drug-likeness (QED) is 0.831. The lowest BCUT2D eigenvalue weighted by Crippen LogP contribution is -2.43. The summed E-state index contributed by atoms with van der Waals surface area (Å²) in [5.74, 6) is 0.133. The Morgan fingerprint density at radius 1 is 1.43 bits per heavy atom. The molecule has 21 heavy (non-hydrogen) atoms. The minimum absolute atomic E-state index is 0.133. The summed E-state index contributed by atoms with van der Waals surface area (Å²) in [6.45, 7) is 3.58. The van der Waals surface area contributed by atoms with E-state index in [1.54, 1.807) is 6.07 Å². The Bertz CT molecular complexity index is 544. The number of likely N-dealkylation sites (tertiary alicyclic amines) is 1. The van der Waals surface area contributed by atoms with Gasteiger partial charge in [-0.25, -0.2) is 0 Å². The first kappa shape index (κ1) is 15.2. The van der Waals surface area contributed by atoms with E-state index in [2.05, 4.69) is 11.4 Å². The maximum atomic E-state index is 12.4. The summed E-state index contributed by atoms with van der Waals surface area (Å²) < 4.78 is 0. The van der Waals surface area contributed by atoms with Crippen molar-refractivity contribution >= 4 is 17.3 Å². The van der Waals surface area contributed by atoms with Gasteiger partial charge in [-0.1, -0.05) is 0 Å². The molecule has 1 aromatic rings. The van der Waals surface area contributed by atoms with Gasteiger partial charge >= 0.3 is 0 Å². The van der Waals surface area contributed by atoms with Crippen molar-refractivity contribution in [3.05, 3.63) is 23.8 Å². The van der Waals surface area contributed by atoms with Crippen molar-refractivity contribution in [2.45, 2.75) is 38.6 Å². The van der Waals surface area contributed by atoms with E-state index in [1.165, 1.54) is 6.42 Å². The summed E-state index contributed by atoms with van der Waals surface area (Å²) in [5.41, 5.74) is 8.06. The van der Waals surface area contributed by atoms with Crippen LogP contribution in [-0.2, 0) is 11.2 Å². The van der Waals surface area contributed by atoms with Crippen molar-refractivity contribution in [2.24, 2.45) is 0 Å². The van der Waals surface area contributed by atoms with Crippen LogP contribution in [0.25, 0.3) is 0 Å². The van der Waals surface area contributed by atoms with Crippen molar-refractivity contribution in [1.82, 2.24) is 4.90 Å². The lowest BCUT2D eigenvalue weighted by molar-refractivity contribution is -0.132. The number of anilines is 2. The van der Waals surface area contributed by atoms with Gasteiger partial charge in [0.05, 0.1) is 12.5 Å². The van der Waals surface area contributed by atoms with Crippen molar-refractivity contribution in [3.8, 4) is 6.07 Å². The van der Waals surface area contributed by atoms with Crippen molar-refractivity contribution in [3.63, 3.8) is 0 Å². The lowest BCUT2D eigenvalue weighted by atomic mass is 10.1. The molecule has 1 aromatic carbocycles. The van der Waals surface area contributed by atoms with Crippen LogP contribution < -0.4 is 11.1 Å². The van der Waals surface area contributed by atoms with E-state index in [0.717, 1.165) is 37.2 Å². The van der Waals surface area contributed by atoms with E-state index in [0.29, 0.717) is 5.69 Å². The van der Waals surface area contributed by atoms with Crippen molar-refractivity contribution < 1.29 is 4.79 Å². The molecule has 1 aliphatic rings. The Labute approximate surface area is 125 Å². The summed E-state index contributed by atoms with van der Waals surface area (Å²) in [6, 6.07) is 7.28. The molecule has 112 valence electrons. The molecule has 5 heteroatoms. The monoisotopic (exact) mass is 286 g/mol. The van der Waals surface area contributed by atoms with Crippen LogP contribution in [0.2, 0.25) is 0 Å². The molecule has 0 bridgehead atoms. The predicted molar refractivity (Wildman–Crippen MR) is 83.7 cm³/mol. The topological polar surface area (TPSA) is 82.1 Å². The summed E-state index contributed by atoms with van der Waals surface area (Å²) in [5, 5.41) is 12.0. The van der Waals surface area contributed by atoms with Gasteiger partial charge in [0, 0.05) is 24.5 Å². The van der Waals surface area contributed by atoms with Gasteiger partial charge in [-0.15, -0.1) is 0 Å². The third-order valence-electron chi connectivity index (χ3n) is 3.83. The smallest absolute Gasteiger partial charge is 0.244 e. The normalized spacial score (nSPS) is 16.1. The summed E-state index contributed by atoms with van der Waals surface area (Å²) in [7, 11) is 0. The molecule has 1 heterocycles. The van der Waals surface area contributed by atoms with Crippen LogP contribution in [0.1, 0.15) is 31.7 Å². The molecule has 1 atom stereocenters. The molecule has 5 nitrogen and oxygen atoms in total. The third-order valence-corrected chi connectivity index (χ3v) is 3.83. The van der Waals surface area contributed by atoms with Gasteiger partial charge in [0.15, 0.2) is 0 Å². The van der Waals surface area contributed by atoms with Crippen molar-refractivity contribution in [2.75, 3.05) is 24.1 Å². The molecule has 1 amide bonds. The first-order valence-electron chi connectivity index (χ1n) is 7.42. The zero-order chi connectivity index (χ0) is 15.2. The van der Waals surface area contributed by atoms with E-state index < -0.39 is 0 Å². The van der Waals surface area contributed by atoms with Crippen LogP contribution in [0.3, 0.4) is 0 Å². The van der Waals surface area contributed by atoms with Gasteiger partial charge in [-0.05, 0) is 49.9 Å². The molecule has 1 unspecified atom stereocenters. The second kappa shape index (κ2) is 6.98. The number of benzene rings is 1. The van der Waals surface area contributed by atoms with Gasteiger partial charge in [0.2, 0.25) is 5.91 Å². The highest BCUT2D eigenvalue weighted by Crippen LogP contribution is 2.19. The molecule has 1 saturated heterocycles. The van der Waals surface area contributed by atoms with Gasteiger partial charge in [-0.2, -0.15) is 5.26 Å². The molecule has 1 fully saturated rings. The Hall–Kier alpha value is -2.22. The SMILES string of the molecule is CC(Nc1ccc(N)c(CC#N)c1)C(=O)N1CCCCC1. The Morgan fingerprint density at radius 3 is 2.81 bits per heavy atom. The Morgan fingerprint density at radius 2 is 2.14 bits per heavy atom. The van der Waals surface area contributed by atoms with E-state index in [1.807, 2.05) is 24.0 Å². The van der Waals surface area contributed by atoms with Gasteiger partial charge < -0.3 is 16.0 Å². The molecule has 1 aliphatic heterocycles. The van der Waals surface area contributed by atoms with E-state index in [-0.39, 0.29) is 18.4 Å². The number of hydrogen-bond donors (Lipinski definition) is 2. The standard InChI is InChI=1S/C16H22N4O/c1-12(16(21)20-9-3-2-4-10-20)19-14-5-6-15(18)13(11-14)7-8-17/h5-6,11-12,19H,2-4,7,9-10,18H2,1H3.